The summed E-state index contributed by atoms with van der Waals surface area (Å²) < 4.78 is 5.47. The Morgan fingerprint density at radius 1 is 1.21 bits per heavy atom. The monoisotopic (exact) mass is 322 g/mol. The molecule has 24 heavy (non-hydrogen) atoms. The van der Waals surface area contributed by atoms with Crippen molar-refractivity contribution in [2.75, 3.05) is 13.2 Å². The molecule has 4 nitrogen and oxygen atoms in total. The van der Waals surface area contributed by atoms with Crippen molar-refractivity contribution in [2.24, 2.45) is 11.8 Å². The maximum atomic E-state index is 11.7. The van der Waals surface area contributed by atoms with Gasteiger partial charge < -0.3 is 4.74 Å². The van der Waals surface area contributed by atoms with Crippen molar-refractivity contribution in [3.8, 4) is 16.9 Å². The molecule has 1 unspecified atom stereocenters. The van der Waals surface area contributed by atoms with E-state index < -0.39 is 0 Å². The van der Waals surface area contributed by atoms with E-state index in [2.05, 4.69) is 30.8 Å². The van der Waals surface area contributed by atoms with Gasteiger partial charge in [0.2, 0.25) is 5.91 Å². The molecule has 0 radical (unpaired) electrons. The second-order valence-corrected chi connectivity index (χ2v) is 6.05. The van der Waals surface area contributed by atoms with Gasteiger partial charge in [-0.05, 0) is 41.7 Å². The largest absolute Gasteiger partial charge is 0.490 e. The van der Waals surface area contributed by atoms with Crippen LogP contribution in [0.15, 0.2) is 61.2 Å². The van der Waals surface area contributed by atoms with Gasteiger partial charge in [-0.1, -0.05) is 49.1 Å². The molecule has 0 bridgehead atoms. The number of carbonyl (C=O) groups is 1. The number of amides is 1. The van der Waals surface area contributed by atoms with E-state index in [9.17, 15) is 4.79 Å². The smallest absolute Gasteiger partial charge is 0.239 e. The average molecular weight is 322 g/mol. The quantitative estimate of drug-likeness (QED) is 0.446. The Hall–Kier alpha value is -2.59. The zero-order chi connectivity index (χ0) is 16.9. The van der Waals surface area contributed by atoms with Crippen LogP contribution in [0.1, 0.15) is 12.0 Å². The third-order valence-corrected chi connectivity index (χ3v) is 4.32. The van der Waals surface area contributed by atoms with Crippen molar-refractivity contribution in [2.45, 2.75) is 12.8 Å². The highest BCUT2D eigenvalue weighted by molar-refractivity contribution is 5.80. The van der Waals surface area contributed by atoms with E-state index in [4.69, 9.17) is 10.6 Å². The Kier molecular flexibility index (Phi) is 4.96. The SMILES string of the molecule is C=CCOc1cccc(CC2CCN(N)C2=O)c1.c1cc2ccc1-2. The minimum Gasteiger partial charge on any atom is -0.490 e. The number of hydrazine groups is 1. The van der Waals surface area contributed by atoms with Gasteiger partial charge in [0.1, 0.15) is 12.4 Å². The van der Waals surface area contributed by atoms with Crippen LogP contribution in [-0.4, -0.2) is 24.1 Å². The van der Waals surface area contributed by atoms with Gasteiger partial charge in [0.25, 0.3) is 0 Å². The van der Waals surface area contributed by atoms with Gasteiger partial charge in [0.05, 0.1) is 0 Å². The molecule has 3 aliphatic rings. The molecule has 1 aromatic rings. The Morgan fingerprint density at radius 2 is 1.92 bits per heavy atom. The highest BCUT2D eigenvalue weighted by Crippen LogP contribution is 2.29. The molecule has 0 spiro atoms. The minimum atomic E-state index is 0.00431. The van der Waals surface area contributed by atoms with Crippen molar-refractivity contribution in [3.63, 3.8) is 0 Å². The number of benzene rings is 2. The van der Waals surface area contributed by atoms with E-state index in [-0.39, 0.29) is 11.8 Å². The number of hydrogen-bond donors (Lipinski definition) is 1. The van der Waals surface area contributed by atoms with Gasteiger partial charge in [-0.15, -0.1) is 0 Å². The third-order valence-electron chi connectivity index (χ3n) is 4.32. The summed E-state index contributed by atoms with van der Waals surface area (Å²) in [6.07, 6.45) is 3.25. The molecule has 2 aliphatic carbocycles. The van der Waals surface area contributed by atoms with Crippen LogP contribution in [0.2, 0.25) is 0 Å². The van der Waals surface area contributed by atoms with Crippen LogP contribution in [0, 0.1) is 5.92 Å². The van der Waals surface area contributed by atoms with Crippen molar-refractivity contribution in [1.29, 1.82) is 0 Å². The topological polar surface area (TPSA) is 55.6 Å². The number of hydrogen-bond acceptors (Lipinski definition) is 3. The Bertz CT molecular complexity index is 704. The molecule has 1 atom stereocenters. The van der Waals surface area contributed by atoms with Crippen LogP contribution in [0.3, 0.4) is 0 Å². The summed E-state index contributed by atoms with van der Waals surface area (Å²) in [5, 5.41) is 1.31. The number of carbonyl (C=O) groups excluding carboxylic acids is 1. The van der Waals surface area contributed by atoms with Crippen molar-refractivity contribution in [1.82, 2.24) is 5.01 Å². The number of rotatable bonds is 5. The molecule has 1 aliphatic heterocycles. The van der Waals surface area contributed by atoms with Crippen molar-refractivity contribution < 1.29 is 9.53 Å². The lowest BCUT2D eigenvalue weighted by Crippen LogP contribution is -2.34. The summed E-state index contributed by atoms with van der Waals surface area (Å²) in [5.74, 6) is 6.41. The number of fused-ring (bicyclic) bond motifs is 1. The molecule has 0 saturated carbocycles. The fourth-order valence-electron chi connectivity index (χ4n) is 2.82. The van der Waals surface area contributed by atoms with E-state index in [1.54, 1.807) is 6.08 Å². The molecule has 4 rings (SSSR count). The molecule has 1 amide bonds. The Labute approximate surface area is 142 Å². The number of nitrogens with zero attached hydrogens (tertiary/aromatic N) is 1. The standard InChI is InChI=1S/C14H18N2O2.C6H4/c1-2-8-18-13-5-3-4-11(10-13)9-12-6-7-16(15)14(12)17;1-2-6-4-3-5(1)6/h2-5,10,12H,1,6-9,15H2;1-4H. The highest BCUT2D eigenvalue weighted by Gasteiger charge is 2.29. The molecule has 0 aromatic heterocycles. The average Bonchev–Trinajstić information content (AvgIpc) is 2.89. The summed E-state index contributed by atoms with van der Waals surface area (Å²) >= 11 is 0. The van der Waals surface area contributed by atoms with Crippen molar-refractivity contribution in [3.05, 3.63) is 66.7 Å². The molecule has 124 valence electrons. The molecule has 1 aromatic carbocycles. The van der Waals surface area contributed by atoms with Gasteiger partial charge in [-0.25, -0.2) is 5.84 Å². The molecule has 1 heterocycles. The van der Waals surface area contributed by atoms with Gasteiger partial charge in [0.15, 0.2) is 0 Å². The van der Waals surface area contributed by atoms with Gasteiger partial charge in [-0.3, -0.25) is 9.80 Å². The van der Waals surface area contributed by atoms with Gasteiger partial charge in [0, 0.05) is 12.5 Å². The van der Waals surface area contributed by atoms with E-state index >= 15 is 0 Å². The summed E-state index contributed by atoms with van der Waals surface area (Å²) in [5.41, 5.74) is 3.95. The molecule has 2 N–H and O–H groups in total. The van der Waals surface area contributed by atoms with Crippen LogP contribution in [0.25, 0.3) is 11.1 Å². The van der Waals surface area contributed by atoms with Gasteiger partial charge >= 0.3 is 0 Å². The Morgan fingerprint density at radius 3 is 2.42 bits per heavy atom. The lowest BCUT2D eigenvalue weighted by molar-refractivity contribution is -0.131. The van der Waals surface area contributed by atoms with E-state index in [0.717, 1.165) is 24.2 Å². The maximum absolute atomic E-state index is 11.7. The fourth-order valence-corrected chi connectivity index (χ4v) is 2.82. The van der Waals surface area contributed by atoms with Crippen LogP contribution < -0.4 is 10.6 Å². The molecule has 1 fully saturated rings. The lowest BCUT2D eigenvalue weighted by Gasteiger charge is -2.11. The maximum Gasteiger partial charge on any atom is 0.239 e. The van der Waals surface area contributed by atoms with Crippen LogP contribution >= 0.6 is 0 Å². The van der Waals surface area contributed by atoms with Crippen LogP contribution in [0.5, 0.6) is 5.75 Å². The van der Waals surface area contributed by atoms with Crippen LogP contribution in [0.4, 0.5) is 0 Å². The number of nitrogens with two attached hydrogens (primary N) is 1. The molecule has 1 saturated heterocycles. The first kappa shape index (κ1) is 16.3. The van der Waals surface area contributed by atoms with E-state index in [1.165, 1.54) is 16.1 Å². The second kappa shape index (κ2) is 7.32. The second-order valence-electron chi connectivity index (χ2n) is 6.05. The van der Waals surface area contributed by atoms with E-state index in [1.807, 2.05) is 24.3 Å². The third kappa shape index (κ3) is 3.66. The first-order chi connectivity index (χ1) is 11.7. The predicted molar refractivity (Wildman–Crippen MR) is 95.3 cm³/mol. The first-order valence-corrected chi connectivity index (χ1v) is 8.16. The molecular weight excluding hydrogens is 300 g/mol. The molecule has 4 heteroatoms. The lowest BCUT2D eigenvalue weighted by atomic mass is 9.95. The zero-order valence-corrected chi connectivity index (χ0v) is 13.7. The number of ether oxygens (including phenoxy) is 1. The fraction of sp³-hybridized carbons (Fsp3) is 0.250. The summed E-state index contributed by atoms with van der Waals surface area (Å²) in [6, 6.07) is 16.3. The van der Waals surface area contributed by atoms with Gasteiger partial charge in [-0.2, -0.15) is 0 Å². The summed E-state index contributed by atoms with van der Waals surface area (Å²) in [4.78, 5) is 11.7. The van der Waals surface area contributed by atoms with E-state index in [0.29, 0.717) is 13.2 Å². The summed E-state index contributed by atoms with van der Waals surface area (Å²) in [6.45, 7) is 4.75. The minimum absolute atomic E-state index is 0.00431. The Balaban J connectivity index is 0.000000231. The summed E-state index contributed by atoms with van der Waals surface area (Å²) in [7, 11) is 0. The van der Waals surface area contributed by atoms with Crippen LogP contribution in [-0.2, 0) is 11.2 Å². The highest BCUT2D eigenvalue weighted by atomic mass is 16.5. The predicted octanol–water partition coefficient (Wildman–Crippen LogP) is 3.18. The zero-order valence-electron chi connectivity index (χ0n) is 13.7. The molecular formula is C20H22N2O2. The first-order valence-electron chi connectivity index (χ1n) is 8.16. The van der Waals surface area contributed by atoms with Crippen molar-refractivity contribution >= 4 is 5.91 Å². The normalized spacial score (nSPS) is 17.1.